The number of esters is 1. The van der Waals surface area contributed by atoms with Crippen molar-refractivity contribution < 1.29 is 23.5 Å². The van der Waals surface area contributed by atoms with Gasteiger partial charge in [-0.25, -0.2) is 9.59 Å². The lowest BCUT2D eigenvalue weighted by Crippen LogP contribution is -2.48. The number of rotatable bonds is 2. The molecule has 2 rings (SSSR count). The predicted octanol–water partition coefficient (Wildman–Crippen LogP) is -0.346. The fourth-order valence-corrected chi connectivity index (χ4v) is 1.77. The molecule has 0 saturated carbocycles. The molecule has 1 aliphatic rings. The molecule has 1 saturated heterocycles. The van der Waals surface area contributed by atoms with E-state index in [2.05, 4.69) is 9.15 Å². The molecule has 0 aliphatic carbocycles. The Labute approximate surface area is 108 Å². The first-order chi connectivity index (χ1) is 9.11. The zero-order valence-corrected chi connectivity index (χ0v) is 10.3. The van der Waals surface area contributed by atoms with Gasteiger partial charge in [-0.1, -0.05) is 0 Å². The molecule has 102 valence electrons. The summed E-state index contributed by atoms with van der Waals surface area (Å²) in [6, 6.07) is 2.56. The Hall–Kier alpha value is -2.15. The molecule has 1 aromatic rings. The fourth-order valence-electron chi connectivity index (χ4n) is 1.77. The van der Waals surface area contributed by atoms with Gasteiger partial charge < -0.3 is 18.8 Å². The first-order valence-electron chi connectivity index (χ1n) is 5.69. The van der Waals surface area contributed by atoms with Gasteiger partial charge in [0.1, 0.15) is 6.26 Å². The van der Waals surface area contributed by atoms with Crippen molar-refractivity contribution in [1.29, 1.82) is 0 Å². The summed E-state index contributed by atoms with van der Waals surface area (Å²) in [5.41, 5.74) is -0.268. The number of amides is 1. The molecule has 1 atom stereocenters. The molecule has 7 nitrogen and oxygen atoms in total. The van der Waals surface area contributed by atoms with Crippen LogP contribution in [-0.4, -0.2) is 49.7 Å². The molecule has 0 spiro atoms. The first kappa shape index (κ1) is 13.3. The lowest BCUT2D eigenvalue weighted by molar-refractivity contribution is -0.158. The number of hydrogen-bond acceptors (Lipinski definition) is 6. The van der Waals surface area contributed by atoms with E-state index in [1.54, 1.807) is 0 Å². The van der Waals surface area contributed by atoms with Crippen molar-refractivity contribution in [2.24, 2.45) is 0 Å². The number of methoxy groups -OCH3 is 1. The molecular formula is C12H13NO6. The van der Waals surface area contributed by atoms with Crippen LogP contribution in [0.4, 0.5) is 0 Å². The van der Waals surface area contributed by atoms with Crippen LogP contribution < -0.4 is 5.63 Å². The zero-order chi connectivity index (χ0) is 13.8. The molecule has 0 bridgehead atoms. The number of carbonyl (C=O) groups is 2. The van der Waals surface area contributed by atoms with Gasteiger partial charge in [0.25, 0.3) is 5.91 Å². The topological polar surface area (TPSA) is 86.0 Å². The van der Waals surface area contributed by atoms with Gasteiger partial charge in [-0.3, -0.25) is 4.79 Å². The third kappa shape index (κ3) is 3.00. The summed E-state index contributed by atoms with van der Waals surface area (Å²) >= 11 is 0. The largest absolute Gasteiger partial charge is 0.467 e. The van der Waals surface area contributed by atoms with Crippen LogP contribution in [0.3, 0.4) is 0 Å². The second kappa shape index (κ2) is 5.66. The van der Waals surface area contributed by atoms with Crippen LogP contribution in [0.5, 0.6) is 0 Å². The standard InChI is InChI=1S/C12H13NO6/c1-17-12(16)9-6-13(4-5-18-9)11(15)8-2-3-10(14)19-7-8/h2-3,7,9H,4-6H2,1H3. The molecule has 1 amide bonds. The van der Waals surface area contributed by atoms with Crippen LogP contribution in [-0.2, 0) is 14.3 Å². The van der Waals surface area contributed by atoms with Gasteiger partial charge in [0.2, 0.25) is 0 Å². The second-order valence-electron chi connectivity index (χ2n) is 3.98. The molecule has 1 unspecified atom stereocenters. The van der Waals surface area contributed by atoms with Gasteiger partial charge in [0, 0.05) is 12.6 Å². The fraction of sp³-hybridized carbons (Fsp3) is 0.417. The maximum atomic E-state index is 12.1. The predicted molar refractivity (Wildman–Crippen MR) is 62.6 cm³/mol. The molecular weight excluding hydrogens is 254 g/mol. The van der Waals surface area contributed by atoms with Crippen LogP contribution in [0.1, 0.15) is 10.4 Å². The van der Waals surface area contributed by atoms with Crippen molar-refractivity contribution in [3.05, 3.63) is 34.4 Å². The van der Waals surface area contributed by atoms with Crippen LogP contribution in [0.25, 0.3) is 0 Å². The summed E-state index contributed by atoms with van der Waals surface area (Å²) in [4.78, 5) is 35.8. The van der Waals surface area contributed by atoms with E-state index in [4.69, 9.17) is 4.74 Å². The Kier molecular flexibility index (Phi) is 3.96. The van der Waals surface area contributed by atoms with Crippen LogP contribution >= 0.6 is 0 Å². The van der Waals surface area contributed by atoms with E-state index in [-0.39, 0.29) is 24.6 Å². The average molecular weight is 267 g/mol. The minimum atomic E-state index is -0.779. The van der Waals surface area contributed by atoms with E-state index >= 15 is 0 Å². The summed E-state index contributed by atoms with van der Waals surface area (Å²) in [5.74, 6) is -0.835. The number of carbonyl (C=O) groups excluding carboxylic acids is 2. The smallest absolute Gasteiger partial charge is 0.336 e. The van der Waals surface area contributed by atoms with Gasteiger partial charge in [-0.05, 0) is 6.07 Å². The summed E-state index contributed by atoms with van der Waals surface area (Å²) in [5, 5.41) is 0. The monoisotopic (exact) mass is 267 g/mol. The minimum Gasteiger partial charge on any atom is -0.467 e. The molecule has 7 heteroatoms. The molecule has 1 aromatic heterocycles. The van der Waals surface area contributed by atoms with Gasteiger partial charge in [-0.2, -0.15) is 0 Å². The van der Waals surface area contributed by atoms with Gasteiger partial charge in [0.05, 0.1) is 25.8 Å². The number of nitrogens with zero attached hydrogens (tertiary/aromatic N) is 1. The van der Waals surface area contributed by atoms with E-state index < -0.39 is 17.7 Å². The third-order valence-electron chi connectivity index (χ3n) is 2.77. The molecule has 0 aromatic carbocycles. The van der Waals surface area contributed by atoms with E-state index in [1.807, 2.05) is 0 Å². The normalized spacial score (nSPS) is 19.0. The summed E-state index contributed by atoms with van der Waals surface area (Å²) in [6.45, 7) is 0.734. The van der Waals surface area contributed by atoms with E-state index in [0.717, 1.165) is 6.26 Å². The summed E-state index contributed by atoms with van der Waals surface area (Å²) < 4.78 is 14.4. The van der Waals surface area contributed by atoms with Crippen molar-refractivity contribution in [2.75, 3.05) is 26.8 Å². The summed E-state index contributed by atoms with van der Waals surface area (Å²) in [6.07, 6.45) is 0.325. The Morgan fingerprint density at radius 3 is 2.84 bits per heavy atom. The molecule has 2 heterocycles. The molecule has 1 aliphatic heterocycles. The lowest BCUT2D eigenvalue weighted by atomic mass is 10.2. The average Bonchev–Trinajstić information content (AvgIpc) is 2.46. The Morgan fingerprint density at radius 1 is 1.42 bits per heavy atom. The van der Waals surface area contributed by atoms with Crippen LogP contribution in [0.15, 0.2) is 27.6 Å². The summed E-state index contributed by atoms with van der Waals surface area (Å²) in [7, 11) is 1.26. The maximum Gasteiger partial charge on any atom is 0.336 e. The molecule has 19 heavy (non-hydrogen) atoms. The highest BCUT2D eigenvalue weighted by Crippen LogP contribution is 2.10. The van der Waals surface area contributed by atoms with Crippen molar-refractivity contribution in [3.63, 3.8) is 0 Å². The highest BCUT2D eigenvalue weighted by molar-refractivity contribution is 5.94. The van der Waals surface area contributed by atoms with E-state index in [0.29, 0.717) is 6.54 Å². The third-order valence-corrected chi connectivity index (χ3v) is 2.77. The minimum absolute atomic E-state index is 0.116. The molecule has 1 fully saturated rings. The SMILES string of the molecule is COC(=O)C1CN(C(=O)c2ccc(=O)oc2)CCO1. The number of morpholine rings is 1. The quantitative estimate of drug-likeness (QED) is 0.681. The highest BCUT2D eigenvalue weighted by atomic mass is 16.6. The van der Waals surface area contributed by atoms with Crippen molar-refractivity contribution in [2.45, 2.75) is 6.10 Å². The van der Waals surface area contributed by atoms with Crippen molar-refractivity contribution in [3.8, 4) is 0 Å². The molecule has 0 N–H and O–H groups in total. The first-order valence-corrected chi connectivity index (χ1v) is 5.69. The Balaban J connectivity index is 2.08. The maximum absolute atomic E-state index is 12.1. The van der Waals surface area contributed by atoms with Crippen molar-refractivity contribution >= 4 is 11.9 Å². The molecule has 0 radical (unpaired) electrons. The second-order valence-corrected chi connectivity index (χ2v) is 3.98. The van der Waals surface area contributed by atoms with Crippen molar-refractivity contribution in [1.82, 2.24) is 4.90 Å². The van der Waals surface area contributed by atoms with Gasteiger partial charge in [-0.15, -0.1) is 0 Å². The van der Waals surface area contributed by atoms with Crippen LogP contribution in [0.2, 0.25) is 0 Å². The van der Waals surface area contributed by atoms with E-state index in [9.17, 15) is 14.4 Å². The van der Waals surface area contributed by atoms with Gasteiger partial charge >= 0.3 is 11.6 Å². The van der Waals surface area contributed by atoms with E-state index in [1.165, 1.54) is 24.1 Å². The highest BCUT2D eigenvalue weighted by Gasteiger charge is 2.30. The number of ether oxygens (including phenoxy) is 2. The number of hydrogen-bond donors (Lipinski definition) is 0. The Bertz CT molecular complexity index is 517. The van der Waals surface area contributed by atoms with Gasteiger partial charge in [0.15, 0.2) is 6.10 Å². The Morgan fingerprint density at radius 2 is 2.21 bits per heavy atom. The van der Waals surface area contributed by atoms with Crippen LogP contribution in [0, 0.1) is 0 Å². The zero-order valence-electron chi connectivity index (χ0n) is 10.3. The lowest BCUT2D eigenvalue weighted by Gasteiger charge is -2.31.